The van der Waals surface area contributed by atoms with E-state index in [1.165, 1.54) is 38.5 Å². The van der Waals surface area contributed by atoms with Gasteiger partial charge in [-0.05, 0) is 41.5 Å². The lowest BCUT2D eigenvalue weighted by Gasteiger charge is -2.07. The highest BCUT2D eigenvalue weighted by molar-refractivity contribution is 5.85. The molecule has 0 radical (unpaired) electrons. The summed E-state index contributed by atoms with van der Waals surface area (Å²) < 4.78 is 5.81. The Morgan fingerprint density at radius 1 is 0.810 bits per heavy atom. The van der Waals surface area contributed by atoms with Crippen molar-refractivity contribution in [3.8, 4) is 11.5 Å². The van der Waals surface area contributed by atoms with Gasteiger partial charge in [-0.15, -0.1) is 0 Å². The van der Waals surface area contributed by atoms with Crippen molar-refractivity contribution >= 4 is 10.8 Å². The molecule has 2 rings (SSSR count). The molecule has 0 saturated carbocycles. The summed E-state index contributed by atoms with van der Waals surface area (Å²) in [5.74, 6) is 1.22. The summed E-state index contributed by atoms with van der Waals surface area (Å²) in [6, 6.07) is 11.4. The summed E-state index contributed by atoms with van der Waals surface area (Å²) >= 11 is 0. The van der Waals surface area contributed by atoms with Crippen LogP contribution >= 0.6 is 0 Å². The van der Waals surface area contributed by atoms with Crippen LogP contribution in [0.1, 0.15) is 51.9 Å². The molecule has 0 aliphatic carbocycles. The van der Waals surface area contributed by atoms with E-state index in [-0.39, 0.29) is 0 Å². The van der Waals surface area contributed by atoms with Crippen molar-refractivity contribution in [1.29, 1.82) is 0 Å². The summed E-state index contributed by atoms with van der Waals surface area (Å²) in [5.41, 5.74) is 0. The van der Waals surface area contributed by atoms with Crippen molar-refractivity contribution < 1.29 is 9.84 Å². The van der Waals surface area contributed by atoms with E-state index in [9.17, 15) is 5.11 Å². The molecular formula is C19H26O2. The third-order valence-corrected chi connectivity index (χ3v) is 3.81. The van der Waals surface area contributed by atoms with Gasteiger partial charge in [-0.2, -0.15) is 0 Å². The summed E-state index contributed by atoms with van der Waals surface area (Å²) in [4.78, 5) is 0. The van der Waals surface area contributed by atoms with Gasteiger partial charge < -0.3 is 9.84 Å². The van der Waals surface area contributed by atoms with Crippen LogP contribution in [0.4, 0.5) is 0 Å². The number of phenols is 1. The Kier molecular flexibility index (Phi) is 6.39. The zero-order valence-electron chi connectivity index (χ0n) is 13.0. The lowest BCUT2D eigenvalue weighted by molar-refractivity contribution is 0.304. The van der Waals surface area contributed by atoms with Gasteiger partial charge in [0.2, 0.25) is 0 Å². The van der Waals surface area contributed by atoms with Gasteiger partial charge in [-0.3, -0.25) is 0 Å². The van der Waals surface area contributed by atoms with Gasteiger partial charge in [-0.25, -0.2) is 0 Å². The molecule has 0 saturated heterocycles. The van der Waals surface area contributed by atoms with Gasteiger partial charge in [0.15, 0.2) is 0 Å². The van der Waals surface area contributed by atoms with Gasteiger partial charge in [0.25, 0.3) is 0 Å². The van der Waals surface area contributed by atoms with E-state index in [4.69, 9.17) is 4.74 Å². The number of fused-ring (bicyclic) bond motifs is 1. The second-order valence-corrected chi connectivity index (χ2v) is 5.66. The molecule has 0 aromatic heterocycles. The zero-order valence-corrected chi connectivity index (χ0v) is 13.0. The molecule has 0 amide bonds. The van der Waals surface area contributed by atoms with Crippen LogP contribution in [0.2, 0.25) is 0 Å². The van der Waals surface area contributed by atoms with Gasteiger partial charge in [-0.1, -0.05) is 57.6 Å². The quantitative estimate of drug-likeness (QED) is 0.601. The molecule has 0 bridgehead atoms. The average Bonchev–Trinajstić information content (AvgIpc) is 2.50. The fourth-order valence-electron chi connectivity index (χ4n) is 2.55. The van der Waals surface area contributed by atoms with Crippen molar-refractivity contribution in [2.75, 3.05) is 6.61 Å². The van der Waals surface area contributed by atoms with E-state index >= 15 is 0 Å². The standard InChI is InChI=1S/C19H26O2/c1-2-3-4-5-6-7-8-13-21-19-12-10-16-14-18(20)11-9-17(16)15-19/h9-12,14-15,20H,2-8,13H2,1H3. The molecule has 2 aromatic rings. The highest BCUT2D eigenvalue weighted by Crippen LogP contribution is 2.24. The fourth-order valence-corrected chi connectivity index (χ4v) is 2.55. The van der Waals surface area contributed by atoms with Crippen molar-refractivity contribution in [2.45, 2.75) is 51.9 Å². The number of unbranched alkanes of at least 4 members (excludes halogenated alkanes) is 6. The normalized spacial score (nSPS) is 10.9. The molecule has 0 heterocycles. The average molecular weight is 286 g/mol. The van der Waals surface area contributed by atoms with Crippen LogP contribution in [0.5, 0.6) is 11.5 Å². The second-order valence-electron chi connectivity index (χ2n) is 5.66. The molecule has 0 atom stereocenters. The first-order chi connectivity index (χ1) is 10.3. The molecule has 0 spiro atoms. The first kappa shape index (κ1) is 15.7. The Bertz CT molecular complexity index is 548. The third-order valence-electron chi connectivity index (χ3n) is 3.81. The van der Waals surface area contributed by atoms with Gasteiger partial charge in [0.1, 0.15) is 11.5 Å². The molecule has 0 aliphatic heterocycles. The highest BCUT2D eigenvalue weighted by atomic mass is 16.5. The number of benzene rings is 2. The number of hydrogen-bond acceptors (Lipinski definition) is 2. The molecule has 2 nitrogen and oxygen atoms in total. The number of rotatable bonds is 9. The molecule has 1 N–H and O–H groups in total. The Labute approximate surface area is 127 Å². The van der Waals surface area contributed by atoms with E-state index in [0.717, 1.165) is 29.5 Å². The van der Waals surface area contributed by atoms with Crippen LogP contribution in [0, 0.1) is 0 Å². The van der Waals surface area contributed by atoms with E-state index in [0.29, 0.717) is 5.75 Å². The maximum absolute atomic E-state index is 9.45. The minimum Gasteiger partial charge on any atom is -0.508 e. The molecule has 0 unspecified atom stereocenters. The Hall–Kier alpha value is -1.70. The number of aromatic hydroxyl groups is 1. The Balaban J connectivity index is 1.70. The Morgan fingerprint density at radius 3 is 2.29 bits per heavy atom. The largest absolute Gasteiger partial charge is 0.508 e. The summed E-state index contributed by atoms with van der Waals surface area (Å²) in [7, 11) is 0. The predicted molar refractivity (Wildman–Crippen MR) is 89.1 cm³/mol. The van der Waals surface area contributed by atoms with Crippen molar-refractivity contribution in [1.82, 2.24) is 0 Å². The molecule has 0 fully saturated rings. The SMILES string of the molecule is CCCCCCCCCOc1ccc2cc(O)ccc2c1. The van der Waals surface area contributed by atoms with Crippen LogP contribution < -0.4 is 4.74 Å². The summed E-state index contributed by atoms with van der Waals surface area (Å²) in [6.45, 7) is 3.04. The van der Waals surface area contributed by atoms with Gasteiger partial charge in [0.05, 0.1) is 6.61 Å². The predicted octanol–water partition coefficient (Wildman–Crippen LogP) is 5.67. The van der Waals surface area contributed by atoms with Gasteiger partial charge >= 0.3 is 0 Å². The van der Waals surface area contributed by atoms with Gasteiger partial charge in [0, 0.05) is 0 Å². The molecule has 21 heavy (non-hydrogen) atoms. The maximum Gasteiger partial charge on any atom is 0.119 e. The molecule has 2 aromatic carbocycles. The summed E-state index contributed by atoms with van der Waals surface area (Å²) in [6.07, 6.45) is 9.10. The first-order valence-corrected chi connectivity index (χ1v) is 8.15. The monoisotopic (exact) mass is 286 g/mol. The fraction of sp³-hybridized carbons (Fsp3) is 0.474. The van der Waals surface area contributed by atoms with Crippen LogP contribution in [0.25, 0.3) is 10.8 Å². The van der Waals surface area contributed by atoms with Crippen molar-refractivity contribution in [2.24, 2.45) is 0 Å². The summed E-state index contributed by atoms with van der Waals surface area (Å²) in [5, 5.41) is 11.6. The number of ether oxygens (including phenoxy) is 1. The molecular weight excluding hydrogens is 260 g/mol. The van der Waals surface area contributed by atoms with E-state index < -0.39 is 0 Å². The minimum absolute atomic E-state index is 0.305. The van der Waals surface area contributed by atoms with Crippen LogP contribution in [0.15, 0.2) is 36.4 Å². The third kappa shape index (κ3) is 5.30. The van der Waals surface area contributed by atoms with E-state index in [1.54, 1.807) is 12.1 Å². The Morgan fingerprint density at radius 2 is 1.48 bits per heavy atom. The van der Waals surface area contributed by atoms with E-state index in [2.05, 4.69) is 6.92 Å². The van der Waals surface area contributed by atoms with Crippen molar-refractivity contribution in [3.63, 3.8) is 0 Å². The topological polar surface area (TPSA) is 29.5 Å². The van der Waals surface area contributed by atoms with Crippen LogP contribution in [0.3, 0.4) is 0 Å². The molecule has 114 valence electrons. The highest BCUT2D eigenvalue weighted by Gasteiger charge is 1.99. The van der Waals surface area contributed by atoms with Crippen LogP contribution in [-0.2, 0) is 0 Å². The van der Waals surface area contributed by atoms with Crippen LogP contribution in [-0.4, -0.2) is 11.7 Å². The second kappa shape index (κ2) is 8.56. The number of hydrogen-bond donors (Lipinski definition) is 1. The zero-order chi connectivity index (χ0) is 14.9. The van der Waals surface area contributed by atoms with Crippen molar-refractivity contribution in [3.05, 3.63) is 36.4 Å². The molecule has 2 heteroatoms. The maximum atomic E-state index is 9.45. The number of phenolic OH excluding ortho intramolecular Hbond substituents is 1. The smallest absolute Gasteiger partial charge is 0.119 e. The molecule has 0 aliphatic rings. The lowest BCUT2D eigenvalue weighted by atomic mass is 10.1. The van der Waals surface area contributed by atoms with E-state index in [1.807, 2.05) is 24.3 Å². The first-order valence-electron chi connectivity index (χ1n) is 8.15. The lowest BCUT2D eigenvalue weighted by Crippen LogP contribution is -1.97. The minimum atomic E-state index is 0.305.